The molecule has 1 aromatic carbocycles. The number of pyridine rings is 1. The second-order valence-corrected chi connectivity index (χ2v) is 8.13. The van der Waals surface area contributed by atoms with Gasteiger partial charge in [-0.05, 0) is 48.6 Å². The summed E-state index contributed by atoms with van der Waals surface area (Å²) in [7, 11) is 1.63. The van der Waals surface area contributed by atoms with E-state index in [9.17, 15) is 9.59 Å². The Kier molecular flexibility index (Phi) is 6.21. The van der Waals surface area contributed by atoms with Gasteiger partial charge < -0.3 is 19.9 Å². The monoisotopic (exact) mass is 420 g/mol. The van der Waals surface area contributed by atoms with Gasteiger partial charge in [-0.3, -0.25) is 14.6 Å². The quantitative estimate of drug-likeness (QED) is 0.640. The van der Waals surface area contributed by atoms with E-state index in [1.54, 1.807) is 19.5 Å². The van der Waals surface area contributed by atoms with Gasteiger partial charge in [0.25, 0.3) is 5.91 Å². The maximum absolute atomic E-state index is 13.0. The van der Waals surface area contributed by atoms with E-state index in [0.717, 1.165) is 35.1 Å². The Bertz CT molecular complexity index is 1060. The van der Waals surface area contributed by atoms with Crippen molar-refractivity contribution < 1.29 is 14.3 Å². The minimum atomic E-state index is -0.0885. The molecule has 1 aliphatic rings. The highest BCUT2D eigenvalue weighted by Gasteiger charge is 2.30. The number of methoxy groups -OCH3 is 1. The van der Waals surface area contributed by atoms with Gasteiger partial charge in [-0.1, -0.05) is 13.0 Å². The zero-order valence-electron chi connectivity index (χ0n) is 17.9. The van der Waals surface area contributed by atoms with Gasteiger partial charge in [0.05, 0.1) is 7.11 Å². The lowest BCUT2D eigenvalue weighted by molar-refractivity contribution is -0.126. The van der Waals surface area contributed by atoms with E-state index in [-0.39, 0.29) is 23.7 Å². The maximum atomic E-state index is 13.0. The molecule has 0 bridgehead atoms. The molecule has 31 heavy (non-hydrogen) atoms. The van der Waals surface area contributed by atoms with E-state index in [2.05, 4.69) is 15.3 Å². The minimum absolute atomic E-state index is 0.00213. The molecule has 1 aliphatic heterocycles. The second kappa shape index (κ2) is 9.20. The van der Waals surface area contributed by atoms with E-state index in [4.69, 9.17) is 4.74 Å². The first kappa shape index (κ1) is 20.9. The number of H-pyrrole nitrogens is 1. The molecule has 2 N–H and O–H groups in total. The van der Waals surface area contributed by atoms with Gasteiger partial charge >= 0.3 is 0 Å². The molecule has 3 aromatic rings. The number of piperidine rings is 1. The molecule has 0 aliphatic carbocycles. The zero-order valence-corrected chi connectivity index (χ0v) is 17.9. The van der Waals surface area contributed by atoms with Crippen LogP contribution in [-0.4, -0.2) is 46.9 Å². The van der Waals surface area contributed by atoms with Crippen LogP contribution in [0.4, 0.5) is 0 Å². The number of nitrogens with zero attached hydrogens (tertiary/aromatic N) is 2. The van der Waals surface area contributed by atoms with Crippen LogP contribution in [0.15, 0.2) is 48.8 Å². The minimum Gasteiger partial charge on any atom is -0.497 e. The van der Waals surface area contributed by atoms with Crippen molar-refractivity contribution in [2.45, 2.75) is 26.3 Å². The second-order valence-electron chi connectivity index (χ2n) is 8.13. The number of nitrogens with one attached hydrogen (secondary N) is 2. The topological polar surface area (TPSA) is 87.3 Å². The SMILES string of the molecule is COc1ccc2cc(C(=O)N3CCC([C@H](C)C(=O)NCc4cccnc4)CC3)[nH]c2c1. The van der Waals surface area contributed by atoms with Gasteiger partial charge in [0, 0.05) is 54.9 Å². The number of hydrogen-bond acceptors (Lipinski definition) is 4. The Balaban J connectivity index is 1.31. The van der Waals surface area contributed by atoms with Crippen LogP contribution in [-0.2, 0) is 11.3 Å². The highest BCUT2D eigenvalue weighted by Crippen LogP contribution is 2.27. The third-order valence-electron chi connectivity index (χ3n) is 6.20. The third kappa shape index (κ3) is 4.71. The Hall–Kier alpha value is -3.35. The molecule has 2 amide bonds. The molecule has 7 heteroatoms. The molecule has 4 rings (SSSR count). The Morgan fingerprint density at radius 1 is 1.26 bits per heavy atom. The van der Waals surface area contributed by atoms with Gasteiger partial charge in [0.2, 0.25) is 5.91 Å². The average Bonchev–Trinajstić information content (AvgIpc) is 3.25. The van der Waals surface area contributed by atoms with Crippen LogP contribution in [0.5, 0.6) is 5.75 Å². The van der Waals surface area contributed by atoms with Crippen molar-refractivity contribution in [1.82, 2.24) is 20.2 Å². The molecule has 7 nitrogen and oxygen atoms in total. The summed E-state index contributed by atoms with van der Waals surface area (Å²) in [5.41, 5.74) is 2.46. The molecule has 1 atom stereocenters. The number of ether oxygens (including phenoxy) is 1. The normalized spacial score (nSPS) is 15.6. The highest BCUT2D eigenvalue weighted by atomic mass is 16.5. The van der Waals surface area contributed by atoms with Crippen molar-refractivity contribution in [3.05, 3.63) is 60.0 Å². The summed E-state index contributed by atoms with van der Waals surface area (Å²) in [6.07, 6.45) is 5.12. The number of aromatic nitrogens is 2. The first-order valence-corrected chi connectivity index (χ1v) is 10.7. The molecule has 0 radical (unpaired) electrons. The largest absolute Gasteiger partial charge is 0.497 e. The maximum Gasteiger partial charge on any atom is 0.270 e. The number of rotatable bonds is 6. The molecular formula is C24H28N4O3. The summed E-state index contributed by atoms with van der Waals surface area (Å²) in [6, 6.07) is 11.4. The van der Waals surface area contributed by atoms with Gasteiger partial charge in [0.1, 0.15) is 11.4 Å². The van der Waals surface area contributed by atoms with E-state index < -0.39 is 0 Å². The van der Waals surface area contributed by atoms with Gasteiger partial charge in [0.15, 0.2) is 0 Å². The summed E-state index contributed by atoms with van der Waals surface area (Å²) in [5.74, 6) is 0.991. The molecule has 0 spiro atoms. The molecule has 0 unspecified atom stereocenters. The smallest absolute Gasteiger partial charge is 0.270 e. The van der Waals surface area contributed by atoms with Crippen LogP contribution in [0.1, 0.15) is 35.8 Å². The van der Waals surface area contributed by atoms with Crippen LogP contribution >= 0.6 is 0 Å². The van der Waals surface area contributed by atoms with Crippen LogP contribution in [0.3, 0.4) is 0 Å². The van der Waals surface area contributed by atoms with Crippen LogP contribution < -0.4 is 10.1 Å². The number of likely N-dealkylation sites (tertiary alicyclic amines) is 1. The number of carbonyl (C=O) groups is 2. The molecule has 1 saturated heterocycles. The lowest BCUT2D eigenvalue weighted by Gasteiger charge is -2.34. The van der Waals surface area contributed by atoms with E-state index in [1.807, 2.05) is 48.2 Å². The lowest BCUT2D eigenvalue weighted by Crippen LogP contribution is -2.42. The van der Waals surface area contributed by atoms with Crippen molar-refractivity contribution in [2.24, 2.45) is 11.8 Å². The van der Waals surface area contributed by atoms with Crippen molar-refractivity contribution in [3.63, 3.8) is 0 Å². The highest BCUT2D eigenvalue weighted by molar-refractivity contribution is 5.98. The number of aromatic amines is 1. The number of hydrogen-bond donors (Lipinski definition) is 2. The van der Waals surface area contributed by atoms with Crippen molar-refractivity contribution >= 4 is 22.7 Å². The predicted molar refractivity (Wildman–Crippen MR) is 119 cm³/mol. The van der Waals surface area contributed by atoms with Crippen LogP contribution in [0, 0.1) is 11.8 Å². The standard InChI is InChI=1S/C24H28N4O3/c1-16(23(29)26-15-17-4-3-9-25-14-17)18-7-10-28(11-8-18)24(30)22-12-19-5-6-20(31-2)13-21(19)27-22/h3-6,9,12-14,16,18,27H,7-8,10-11,15H2,1-2H3,(H,26,29)/t16-/m0/s1. The van der Waals surface area contributed by atoms with Crippen molar-refractivity contribution in [3.8, 4) is 5.75 Å². The summed E-state index contributed by atoms with van der Waals surface area (Å²) < 4.78 is 5.25. The molecule has 3 heterocycles. The summed E-state index contributed by atoms with van der Waals surface area (Å²) in [5, 5.41) is 3.99. The fourth-order valence-corrected chi connectivity index (χ4v) is 4.19. The predicted octanol–water partition coefficient (Wildman–Crippen LogP) is 3.38. The molecule has 0 saturated carbocycles. The van der Waals surface area contributed by atoms with E-state index >= 15 is 0 Å². The third-order valence-corrected chi connectivity index (χ3v) is 6.20. The van der Waals surface area contributed by atoms with Crippen molar-refractivity contribution in [1.29, 1.82) is 0 Å². The average molecular weight is 421 g/mol. The molecular weight excluding hydrogens is 392 g/mol. The van der Waals surface area contributed by atoms with Gasteiger partial charge in [-0.25, -0.2) is 0 Å². The van der Waals surface area contributed by atoms with Crippen LogP contribution in [0.2, 0.25) is 0 Å². The van der Waals surface area contributed by atoms with E-state index in [1.165, 1.54) is 0 Å². The molecule has 1 fully saturated rings. The first-order chi connectivity index (χ1) is 15.0. The van der Waals surface area contributed by atoms with Crippen LogP contribution in [0.25, 0.3) is 10.9 Å². The summed E-state index contributed by atoms with van der Waals surface area (Å²) in [4.78, 5) is 34.7. The Morgan fingerprint density at radius 2 is 2.06 bits per heavy atom. The molecule has 162 valence electrons. The number of amides is 2. The van der Waals surface area contributed by atoms with Gasteiger partial charge in [-0.2, -0.15) is 0 Å². The first-order valence-electron chi connectivity index (χ1n) is 10.7. The fourth-order valence-electron chi connectivity index (χ4n) is 4.19. The Labute approximate surface area is 181 Å². The summed E-state index contributed by atoms with van der Waals surface area (Å²) in [6.45, 7) is 3.77. The summed E-state index contributed by atoms with van der Waals surface area (Å²) >= 11 is 0. The number of carbonyl (C=O) groups excluding carboxylic acids is 2. The zero-order chi connectivity index (χ0) is 21.8. The Morgan fingerprint density at radius 3 is 2.77 bits per heavy atom. The van der Waals surface area contributed by atoms with Gasteiger partial charge in [-0.15, -0.1) is 0 Å². The van der Waals surface area contributed by atoms with E-state index in [0.29, 0.717) is 25.3 Å². The lowest BCUT2D eigenvalue weighted by atomic mass is 9.84. The number of fused-ring (bicyclic) bond motifs is 1. The number of benzene rings is 1. The fraction of sp³-hybridized carbons (Fsp3) is 0.375. The molecule has 2 aromatic heterocycles. The van der Waals surface area contributed by atoms with Crippen molar-refractivity contribution in [2.75, 3.05) is 20.2 Å².